The molecule has 2 aromatic heterocycles. The van der Waals surface area contributed by atoms with Crippen LogP contribution in [0.5, 0.6) is 0 Å². The first-order valence-corrected chi connectivity index (χ1v) is 10.3. The Bertz CT molecular complexity index is 781. The highest BCUT2D eigenvalue weighted by Gasteiger charge is 2.21. The average molecular weight is 377 g/mol. The van der Waals surface area contributed by atoms with Crippen LogP contribution in [0.4, 0.5) is 0 Å². The van der Waals surface area contributed by atoms with Crippen LogP contribution >= 0.6 is 11.8 Å². The zero-order chi connectivity index (χ0) is 18.7. The van der Waals surface area contributed by atoms with E-state index in [2.05, 4.69) is 26.3 Å². The Morgan fingerprint density at radius 3 is 2.88 bits per heavy atom. The lowest BCUT2D eigenvalue weighted by atomic mass is 10.2. The maximum atomic E-state index is 12.8. The summed E-state index contributed by atoms with van der Waals surface area (Å²) in [5, 5.41) is 9.49. The fourth-order valence-corrected chi connectivity index (χ4v) is 4.69. The topological polar surface area (TPSA) is 61.9 Å². The molecule has 3 heterocycles. The first kappa shape index (κ1) is 19.2. The number of Topliss-reactive ketones (excluding diaryl/α,β-unsaturated/α-hetero) is 1. The predicted octanol–water partition coefficient (Wildman–Crippen LogP) is 3.61. The zero-order valence-corrected chi connectivity index (χ0v) is 16.9. The van der Waals surface area contributed by atoms with Gasteiger partial charge in [-0.3, -0.25) is 4.79 Å². The summed E-state index contributed by atoms with van der Waals surface area (Å²) in [4.78, 5) is 12.8. The largest absolute Gasteiger partial charge is 0.383 e. The van der Waals surface area contributed by atoms with Gasteiger partial charge in [0.1, 0.15) is 5.82 Å². The maximum absolute atomic E-state index is 12.8. The number of carbonyl (C=O) groups is 1. The van der Waals surface area contributed by atoms with Crippen molar-refractivity contribution >= 4 is 17.5 Å². The number of carbonyl (C=O) groups excluding carboxylic acids is 1. The highest BCUT2D eigenvalue weighted by molar-refractivity contribution is 7.99. The number of fused-ring (bicyclic) bond motifs is 1. The minimum absolute atomic E-state index is 0.143. The molecule has 0 aromatic carbocycles. The van der Waals surface area contributed by atoms with Gasteiger partial charge < -0.3 is 13.9 Å². The minimum atomic E-state index is 0.143. The number of aryl methyl sites for hydroxylation is 2. The second-order valence-corrected chi connectivity index (χ2v) is 7.97. The van der Waals surface area contributed by atoms with Crippen LogP contribution < -0.4 is 0 Å². The Morgan fingerprint density at radius 1 is 1.31 bits per heavy atom. The van der Waals surface area contributed by atoms with Gasteiger partial charge >= 0.3 is 0 Å². The molecule has 142 valence electrons. The van der Waals surface area contributed by atoms with Crippen molar-refractivity contribution in [2.24, 2.45) is 0 Å². The summed E-state index contributed by atoms with van der Waals surface area (Å²) in [6, 6.07) is 2.20. The van der Waals surface area contributed by atoms with Crippen LogP contribution in [0.3, 0.4) is 0 Å². The molecule has 1 aliphatic rings. The summed E-state index contributed by atoms with van der Waals surface area (Å²) in [5.74, 6) is 1.59. The summed E-state index contributed by atoms with van der Waals surface area (Å²) in [7, 11) is 1.70. The summed E-state index contributed by atoms with van der Waals surface area (Å²) in [5.41, 5.74) is 2.91. The quantitative estimate of drug-likeness (QED) is 0.546. The van der Waals surface area contributed by atoms with Crippen LogP contribution in [-0.4, -0.2) is 44.6 Å². The molecule has 0 bridgehead atoms. The van der Waals surface area contributed by atoms with Crippen LogP contribution in [0.2, 0.25) is 0 Å². The van der Waals surface area contributed by atoms with Gasteiger partial charge in [0, 0.05) is 37.0 Å². The first-order valence-electron chi connectivity index (χ1n) is 9.28. The number of aromatic nitrogens is 4. The highest BCUT2D eigenvalue weighted by Crippen LogP contribution is 2.25. The van der Waals surface area contributed by atoms with Gasteiger partial charge in [0.05, 0.1) is 18.4 Å². The molecule has 0 aliphatic carbocycles. The minimum Gasteiger partial charge on any atom is -0.383 e. The lowest BCUT2D eigenvalue weighted by molar-refractivity contribution is 0.102. The van der Waals surface area contributed by atoms with E-state index in [4.69, 9.17) is 4.74 Å². The van der Waals surface area contributed by atoms with Crippen LogP contribution in [0.15, 0.2) is 11.2 Å². The van der Waals surface area contributed by atoms with E-state index in [9.17, 15) is 4.79 Å². The Kier molecular flexibility index (Phi) is 6.19. The Hall–Kier alpha value is -1.60. The molecule has 2 aromatic rings. The van der Waals surface area contributed by atoms with Gasteiger partial charge in [-0.2, -0.15) is 0 Å². The van der Waals surface area contributed by atoms with Gasteiger partial charge in [0.15, 0.2) is 10.9 Å². The second kappa shape index (κ2) is 8.39. The Morgan fingerprint density at radius 2 is 2.12 bits per heavy atom. The molecule has 26 heavy (non-hydrogen) atoms. The molecule has 0 amide bonds. The molecular weight excluding hydrogens is 348 g/mol. The monoisotopic (exact) mass is 376 g/mol. The Balaban J connectivity index is 1.71. The number of ketones is 1. The van der Waals surface area contributed by atoms with Crippen molar-refractivity contribution < 1.29 is 9.53 Å². The van der Waals surface area contributed by atoms with Crippen molar-refractivity contribution in [1.29, 1.82) is 0 Å². The van der Waals surface area contributed by atoms with Crippen molar-refractivity contribution in [1.82, 2.24) is 19.3 Å². The van der Waals surface area contributed by atoms with E-state index in [-0.39, 0.29) is 11.8 Å². The summed E-state index contributed by atoms with van der Waals surface area (Å²) >= 11 is 1.50. The van der Waals surface area contributed by atoms with E-state index < -0.39 is 0 Å². The van der Waals surface area contributed by atoms with E-state index in [0.717, 1.165) is 47.3 Å². The average Bonchev–Trinajstić information content (AvgIpc) is 3.03. The van der Waals surface area contributed by atoms with Gasteiger partial charge in [0.25, 0.3) is 0 Å². The molecule has 0 N–H and O–H groups in total. The first-order chi connectivity index (χ1) is 12.5. The molecule has 1 atom stereocenters. The Labute approximate surface area is 159 Å². The molecule has 0 saturated heterocycles. The van der Waals surface area contributed by atoms with E-state index >= 15 is 0 Å². The summed E-state index contributed by atoms with van der Waals surface area (Å²) < 4.78 is 9.64. The molecule has 1 unspecified atom stereocenters. The van der Waals surface area contributed by atoms with E-state index in [0.29, 0.717) is 12.4 Å². The van der Waals surface area contributed by atoms with E-state index in [1.807, 2.05) is 19.9 Å². The van der Waals surface area contributed by atoms with Crippen molar-refractivity contribution in [3.05, 3.63) is 28.8 Å². The highest BCUT2D eigenvalue weighted by atomic mass is 32.2. The summed E-state index contributed by atoms with van der Waals surface area (Å²) in [6.07, 6.45) is 4.55. The van der Waals surface area contributed by atoms with Crippen LogP contribution in [0, 0.1) is 13.8 Å². The lowest BCUT2D eigenvalue weighted by Crippen LogP contribution is -2.15. The maximum Gasteiger partial charge on any atom is 0.191 e. The third kappa shape index (κ3) is 3.88. The van der Waals surface area contributed by atoms with Crippen molar-refractivity contribution in [3.8, 4) is 0 Å². The third-order valence-corrected chi connectivity index (χ3v) is 6.01. The number of hydrogen-bond acceptors (Lipinski definition) is 5. The molecule has 6 nitrogen and oxygen atoms in total. The molecule has 0 spiro atoms. The number of thioether (sulfide) groups is 1. The molecule has 3 rings (SSSR count). The molecule has 0 saturated carbocycles. The molecule has 1 aliphatic heterocycles. The fraction of sp³-hybridized carbons (Fsp3) is 0.632. The van der Waals surface area contributed by atoms with Gasteiger partial charge in [-0.1, -0.05) is 18.2 Å². The number of hydrogen-bond donors (Lipinski definition) is 0. The van der Waals surface area contributed by atoms with Crippen LogP contribution in [-0.2, 0) is 17.7 Å². The van der Waals surface area contributed by atoms with Crippen LogP contribution in [0.1, 0.15) is 59.8 Å². The normalized spacial score (nSPS) is 15.5. The molecule has 0 fully saturated rings. The molecular formula is C19H28N4O2S. The van der Waals surface area contributed by atoms with Crippen molar-refractivity contribution in [2.75, 3.05) is 19.5 Å². The SMILES string of the molecule is COCC(C)n1c(C)cc(C(=O)CSc2nnc3n2CCCCC3)c1C. The zero-order valence-electron chi connectivity index (χ0n) is 16.1. The van der Waals surface area contributed by atoms with Gasteiger partial charge in [-0.25, -0.2) is 0 Å². The molecule has 0 radical (unpaired) electrons. The third-order valence-electron chi connectivity index (χ3n) is 5.04. The van der Waals surface area contributed by atoms with Crippen molar-refractivity contribution in [3.63, 3.8) is 0 Å². The van der Waals surface area contributed by atoms with Crippen molar-refractivity contribution in [2.45, 2.75) is 64.2 Å². The lowest BCUT2D eigenvalue weighted by Gasteiger charge is -2.17. The smallest absolute Gasteiger partial charge is 0.191 e. The van der Waals surface area contributed by atoms with E-state index in [1.54, 1.807) is 7.11 Å². The van der Waals surface area contributed by atoms with Gasteiger partial charge in [-0.15, -0.1) is 10.2 Å². The second-order valence-electron chi connectivity index (χ2n) is 7.03. The number of nitrogens with zero attached hydrogens (tertiary/aromatic N) is 4. The summed E-state index contributed by atoms with van der Waals surface area (Å²) in [6.45, 7) is 7.76. The molecule has 7 heteroatoms. The standard InChI is InChI=1S/C19H28N4O2S/c1-13-10-16(15(3)23(13)14(2)11-25-4)17(24)12-26-19-21-20-18-8-6-5-7-9-22(18)19/h10,14H,5-9,11-12H2,1-4H3. The van der Waals surface area contributed by atoms with Gasteiger partial charge in [0.2, 0.25) is 0 Å². The predicted molar refractivity (Wildman–Crippen MR) is 103 cm³/mol. The number of ether oxygens (including phenoxy) is 1. The number of rotatable bonds is 7. The number of methoxy groups -OCH3 is 1. The van der Waals surface area contributed by atoms with E-state index in [1.165, 1.54) is 24.6 Å². The van der Waals surface area contributed by atoms with Crippen LogP contribution in [0.25, 0.3) is 0 Å². The fourth-order valence-electron chi connectivity index (χ4n) is 3.83. The van der Waals surface area contributed by atoms with Gasteiger partial charge in [-0.05, 0) is 39.7 Å².